The van der Waals surface area contributed by atoms with E-state index in [2.05, 4.69) is 93.4 Å². The topological polar surface area (TPSA) is 12.0 Å². The van der Waals surface area contributed by atoms with Crippen LogP contribution in [0.15, 0.2) is 76.6 Å². The Hall–Kier alpha value is -1.42. The molecule has 21 heavy (non-hydrogen) atoms. The molecule has 1 unspecified atom stereocenters. The summed E-state index contributed by atoms with van der Waals surface area (Å²) in [6.07, 6.45) is 0. The third-order valence-corrected chi connectivity index (χ3v) is 4.85. The highest BCUT2D eigenvalue weighted by Crippen LogP contribution is 2.26. The second-order valence-corrected chi connectivity index (χ2v) is 6.76. The van der Waals surface area contributed by atoms with Gasteiger partial charge in [0.05, 0.1) is 6.04 Å². The fourth-order valence-corrected chi connectivity index (χ4v) is 3.40. The van der Waals surface area contributed by atoms with Crippen LogP contribution in [0.2, 0.25) is 0 Å². The summed E-state index contributed by atoms with van der Waals surface area (Å²) in [6, 6.07) is 23.6. The van der Waals surface area contributed by atoms with E-state index in [-0.39, 0.29) is 6.04 Å². The summed E-state index contributed by atoms with van der Waals surface area (Å²) >= 11 is 5.27. The molecule has 1 aromatic heterocycles. The molecule has 1 heterocycles. The van der Waals surface area contributed by atoms with Gasteiger partial charge in [0.15, 0.2) is 0 Å². The first kappa shape index (κ1) is 14.5. The summed E-state index contributed by atoms with van der Waals surface area (Å²) in [5.74, 6) is 0. The van der Waals surface area contributed by atoms with E-state index < -0.39 is 0 Å². The highest BCUT2D eigenvalue weighted by Gasteiger charge is 2.14. The third-order valence-electron chi connectivity index (χ3n) is 3.38. The van der Waals surface area contributed by atoms with Crippen LogP contribution in [0.3, 0.4) is 0 Å². The van der Waals surface area contributed by atoms with Crippen molar-refractivity contribution in [3.05, 3.63) is 92.6 Å². The van der Waals surface area contributed by atoms with Gasteiger partial charge in [-0.2, -0.15) is 0 Å². The maximum Gasteiger partial charge on any atom is 0.0673 e. The molecule has 0 spiro atoms. The van der Waals surface area contributed by atoms with E-state index >= 15 is 0 Å². The van der Waals surface area contributed by atoms with Crippen molar-refractivity contribution < 1.29 is 0 Å². The molecular formula is C18H16BrNS. The number of hydrogen-bond acceptors (Lipinski definition) is 2. The molecule has 1 atom stereocenters. The van der Waals surface area contributed by atoms with Crippen LogP contribution in [0.5, 0.6) is 0 Å². The number of hydrogen-bond donors (Lipinski definition) is 1. The zero-order valence-electron chi connectivity index (χ0n) is 11.5. The minimum atomic E-state index is 0.245. The molecule has 3 rings (SSSR count). The van der Waals surface area contributed by atoms with Crippen molar-refractivity contribution in [2.24, 2.45) is 0 Å². The van der Waals surface area contributed by atoms with Gasteiger partial charge in [-0.1, -0.05) is 64.5 Å². The average Bonchev–Trinajstić information content (AvgIpc) is 3.05. The van der Waals surface area contributed by atoms with Crippen molar-refractivity contribution in [1.29, 1.82) is 0 Å². The minimum absolute atomic E-state index is 0.245. The molecule has 0 saturated heterocycles. The summed E-state index contributed by atoms with van der Waals surface area (Å²) in [7, 11) is 0. The predicted octanol–water partition coefficient (Wildman–Crippen LogP) is 5.39. The van der Waals surface area contributed by atoms with Crippen LogP contribution in [-0.4, -0.2) is 0 Å². The van der Waals surface area contributed by atoms with E-state index in [1.54, 1.807) is 11.3 Å². The van der Waals surface area contributed by atoms with Crippen LogP contribution in [0.25, 0.3) is 0 Å². The molecule has 0 fully saturated rings. The van der Waals surface area contributed by atoms with Crippen molar-refractivity contribution in [3.8, 4) is 0 Å². The molecule has 0 bridgehead atoms. The molecule has 0 saturated carbocycles. The molecule has 1 N–H and O–H groups in total. The Balaban J connectivity index is 1.78. The second-order valence-electron chi connectivity index (χ2n) is 4.87. The molecule has 2 aromatic carbocycles. The van der Waals surface area contributed by atoms with Gasteiger partial charge < -0.3 is 5.32 Å². The van der Waals surface area contributed by atoms with Crippen molar-refractivity contribution in [1.82, 2.24) is 5.32 Å². The monoisotopic (exact) mass is 357 g/mol. The Morgan fingerprint density at radius 2 is 1.67 bits per heavy atom. The first-order valence-corrected chi connectivity index (χ1v) is 8.56. The first-order chi connectivity index (χ1) is 10.3. The van der Waals surface area contributed by atoms with Crippen LogP contribution in [0.1, 0.15) is 22.0 Å². The fraction of sp³-hybridized carbons (Fsp3) is 0.111. The molecule has 106 valence electrons. The van der Waals surface area contributed by atoms with Crippen LogP contribution in [0.4, 0.5) is 0 Å². The summed E-state index contributed by atoms with van der Waals surface area (Å²) in [5, 5.41) is 5.80. The number of halogens is 1. The van der Waals surface area contributed by atoms with Crippen molar-refractivity contribution >= 4 is 27.3 Å². The normalized spacial score (nSPS) is 12.2. The Morgan fingerprint density at radius 1 is 0.905 bits per heavy atom. The summed E-state index contributed by atoms with van der Waals surface area (Å²) in [6.45, 7) is 0.852. The predicted molar refractivity (Wildman–Crippen MR) is 93.6 cm³/mol. The lowest BCUT2D eigenvalue weighted by molar-refractivity contribution is 0.613. The van der Waals surface area contributed by atoms with E-state index in [0.29, 0.717) is 0 Å². The van der Waals surface area contributed by atoms with Gasteiger partial charge in [-0.3, -0.25) is 0 Å². The highest BCUT2D eigenvalue weighted by molar-refractivity contribution is 9.10. The highest BCUT2D eigenvalue weighted by atomic mass is 79.9. The molecule has 0 aliphatic rings. The molecule has 3 heteroatoms. The summed E-state index contributed by atoms with van der Waals surface area (Å²) in [4.78, 5) is 1.35. The zero-order chi connectivity index (χ0) is 14.5. The maximum atomic E-state index is 3.67. The molecule has 0 radical (unpaired) electrons. The van der Waals surface area contributed by atoms with Gasteiger partial charge in [0.1, 0.15) is 0 Å². The zero-order valence-corrected chi connectivity index (χ0v) is 13.9. The van der Waals surface area contributed by atoms with Crippen LogP contribution >= 0.6 is 27.3 Å². The maximum absolute atomic E-state index is 3.67. The van der Waals surface area contributed by atoms with Gasteiger partial charge in [-0.25, -0.2) is 0 Å². The molecule has 0 amide bonds. The van der Waals surface area contributed by atoms with Gasteiger partial charge in [0.25, 0.3) is 0 Å². The quantitative estimate of drug-likeness (QED) is 0.645. The molecule has 3 aromatic rings. The van der Waals surface area contributed by atoms with E-state index in [9.17, 15) is 0 Å². The number of nitrogens with one attached hydrogen (secondary N) is 1. The SMILES string of the molecule is Brc1ccc(CNC(c2ccccc2)c2cccs2)cc1. The minimum Gasteiger partial charge on any atom is -0.301 e. The smallest absolute Gasteiger partial charge is 0.0673 e. The standard InChI is InChI=1S/C18H16BrNS/c19-16-10-8-14(9-11-16)13-20-18(17-7-4-12-21-17)15-5-2-1-3-6-15/h1-12,18,20H,13H2. The average molecular weight is 358 g/mol. The van der Waals surface area contributed by atoms with Gasteiger partial charge in [-0.05, 0) is 34.7 Å². The van der Waals surface area contributed by atoms with Crippen LogP contribution < -0.4 is 5.32 Å². The van der Waals surface area contributed by atoms with E-state index in [4.69, 9.17) is 0 Å². The lowest BCUT2D eigenvalue weighted by Crippen LogP contribution is -2.21. The lowest BCUT2D eigenvalue weighted by Gasteiger charge is -2.18. The summed E-state index contributed by atoms with van der Waals surface area (Å²) < 4.78 is 1.11. The largest absolute Gasteiger partial charge is 0.301 e. The molecular weight excluding hydrogens is 342 g/mol. The number of rotatable bonds is 5. The molecule has 1 nitrogen and oxygen atoms in total. The lowest BCUT2D eigenvalue weighted by atomic mass is 10.0. The van der Waals surface area contributed by atoms with Gasteiger partial charge >= 0.3 is 0 Å². The Kier molecular flexibility index (Phi) is 4.86. The number of benzene rings is 2. The third kappa shape index (κ3) is 3.82. The first-order valence-electron chi connectivity index (χ1n) is 6.89. The van der Waals surface area contributed by atoms with Crippen LogP contribution in [0, 0.1) is 0 Å². The van der Waals surface area contributed by atoms with Crippen molar-refractivity contribution in [3.63, 3.8) is 0 Å². The van der Waals surface area contributed by atoms with Gasteiger partial charge in [-0.15, -0.1) is 11.3 Å². The van der Waals surface area contributed by atoms with E-state index in [0.717, 1.165) is 11.0 Å². The van der Waals surface area contributed by atoms with Crippen molar-refractivity contribution in [2.75, 3.05) is 0 Å². The van der Waals surface area contributed by atoms with Gasteiger partial charge in [0.2, 0.25) is 0 Å². The fourth-order valence-electron chi connectivity index (χ4n) is 2.31. The molecule has 0 aliphatic heterocycles. The van der Waals surface area contributed by atoms with E-state index in [1.807, 2.05) is 0 Å². The van der Waals surface area contributed by atoms with Gasteiger partial charge in [0, 0.05) is 15.9 Å². The Bertz CT molecular complexity index is 662. The Labute approximate surface area is 137 Å². The molecule has 0 aliphatic carbocycles. The van der Waals surface area contributed by atoms with E-state index in [1.165, 1.54) is 16.0 Å². The Morgan fingerprint density at radius 3 is 2.33 bits per heavy atom. The van der Waals surface area contributed by atoms with Crippen LogP contribution in [-0.2, 0) is 6.54 Å². The van der Waals surface area contributed by atoms with Crippen molar-refractivity contribution in [2.45, 2.75) is 12.6 Å². The summed E-state index contributed by atoms with van der Waals surface area (Å²) in [5.41, 5.74) is 2.59. The second kappa shape index (κ2) is 7.03. The number of thiophene rings is 1.